The van der Waals surface area contributed by atoms with Crippen LogP contribution < -0.4 is 5.73 Å². The van der Waals surface area contributed by atoms with E-state index in [2.05, 4.69) is 35.7 Å². The van der Waals surface area contributed by atoms with Gasteiger partial charge in [-0.05, 0) is 71.9 Å². The maximum Gasteiger partial charge on any atom is 0.0353 e. The molecule has 1 unspecified atom stereocenters. The zero-order valence-corrected chi connectivity index (χ0v) is 13.8. The maximum absolute atomic E-state index is 6.19. The minimum atomic E-state index is 0.255. The Kier molecular flexibility index (Phi) is 5.84. The van der Waals surface area contributed by atoms with Gasteiger partial charge in [0.2, 0.25) is 0 Å². The molecule has 118 valence electrons. The van der Waals surface area contributed by atoms with Crippen molar-refractivity contribution >= 4 is 0 Å². The van der Waals surface area contributed by atoms with Crippen LogP contribution in [0.4, 0.5) is 0 Å². The first-order valence-electron chi connectivity index (χ1n) is 8.42. The lowest BCUT2D eigenvalue weighted by molar-refractivity contribution is 0.0360. The van der Waals surface area contributed by atoms with Crippen LogP contribution in [0.5, 0.6) is 0 Å². The van der Waals surface area contributed by atoms with E-state index in [1.807, 2.05) is 0 Å². The first-order valence-corrected chi connectivity index (χ1v) is 8.42. The third-order valence-electron chi connectivity index (χ3n) is 5.54. The van der Waals surface area contributed by atoms with Gasteiger partial charge >= 0.3 is 0 Å². The Balaban J connectivity index is 1.87. The van der Waals surface area contributed by atoms with Gasteiger partial charge in [-0.2, -0.15) is 0 Å². The van der Waals surface area contributed by atoms with Crippen LogP contribution in [0.3, 0.4) is 0 Å². The second kappa shape index (κ2) is 7.21. The molecule has 4 heteroatoms. The summed E-state index contributed by atoms with van der Waals surface area (Å²) in [7, 11) is 4.54. The second-order valence-corrected chi connectivity index (χ2v) is 7.07. The molecule has 4 nitrogen and oxygen atoms in total. The van der Waals surface area contributed by atoms with E-state index >= 15 is 0 Å². The molecule has 2 heterocycles. The van der Waals surface area contributed by atoms with Crippen LogP contribution in [0.15, 0.2) is 0 Å². The van der Waals surface area contributed by atoms with E-state index in [0.717, 1.165) is 12.5 Å². The monoisotopic (exact) mass is 282 g/mol. The molecule has 20 heavy (non-hydrogen) atoms. The van der Waals surface area contributed by atoms with Crippen LogP contribution >= 0.6 is 0 Å². The number of likely N-dealkylation sites (tertiary alicyclic amines) is 2. The van der Waals surface area contributed by atoms with Crippen LogP contribution in [-0.2, 0) is 0 Å². The molecule has 2 rings (SSSR count). The minimum absolute atomic E-state index is 0.255. The molecule has 2 aliphatic rings. The summed E-state index contributed by atoms with van der Waals surface area (Å²) in [6.07, 6.45) is 5.09. The van der Waals surface area contributed by atoms with Crippen LogP contribution in [-0.4, -0.2) is 80.1 Å². The Labute approximate surface area is 125 Å². The van der Waals surface area contributed by atoms with Crippen molar-refractivity contribution in [1.82, 2.24) is 14.7 Å². The first kappa shape index (κ1) is 16.2. The van der Waals surface area contributed by atoms with E-state index in [4.69, 9.17) is 5.73 Å². The molecule has 0 spiro atoms. The van der Waals surface area contributed by atoms with E-state index in [9.17, 15) is 0 Å². The zero-order valence-electron chi connectivity index (χ0n) is 13.8. The highest BCUT2D eigenvalue weighted by molar-refractivity contribution is 4.96. The molecule has 2 saturated heterocycles. The Hall–Kier alpha value is -0.160. The molecule has 2 aliphatic heterocycles. The molecule has 0 aliphatic carbocycles. The second-order valence-electron chi connectivity index (χ2n) is 7.07. The molecule has 0 aromatic heterocycles. The predicted octanol–water partition coefficient (Wildman–Crippen LogP) is 1.07. The summed E-state index contributed by atoms with van der Waals surface area (Å²) in [5.74, 6) is 0.835. The zero-order chi connectivity index (χ0) is 14.6. The molecule has 0 bridgehead atoms. The number of piperidine rings is 1. The van der Waals surface area contributed by atoms with Crippen LogP contribution in [0.25, 0.3) is 0 Å². The molecule has 0 radical (unpaired) electrons. The molecular formula is C16H34N4. The van der Waals surface area contributed by atoms with Crippen molar-refractivity contribution in [2.24, 2.45) is 11.7 Å². The SMILES string of the molecule is CCCN1CCC(CN)(N(C)CC2CCN(C)C2)CC1. The lowest BCUT2D eigenvalue weighted by Gasteiger charge is -2.47. The van der Waals surface area contributed by atoms with Crippen molar-refractivity contribution in [3.8, 4) is 0 Å². The van der Waals surface area contributed by atoms with E-state index < -0.39 is 0 Å². The number of likely N-dealkylation sites (N-methyl/N-ethyl adjacent to an activating group) is 1. The summed E-state index contributed by atoms with van der Waals surface area (Å²) in [6.45, 7) is 10.5. The number of hydrogen-bond donors (Lipinski definition) is 1. The molecule has 1 atom stereocenters. The lowest BCUT2D eigenvalue weighted by atomic mass is 9.85. The highest BCUT2D eigenvalue weighted by Crippen LogP contribution is 2.29. The Morgan fingerprint density at radius 2 is 1.95 bits per heavy atom. The first-order chi connectivity index (χ1) is 9.59. The normalized spacial score (nSPS) is 28.4. The Bertz CT molecular complexity index is 286. The quantitative estimate of drug-likeness (QED) is 0.791. The smallest absolute Gasteiger partial charge is 0.0353 e. The van der Waals surface area contributed by atoms with Crippen LogP contribution in [0.1, 0.15) is 32.6 Å². The largest absolute Gasteiger partial charge is 0.329 e. The van der Waals surface area contributed by atoms with Crippen LogP contribution in [0, 0.1) is 5.92 Å². The topological polar surface area (TPSA) is 35.7 Å². The van der Waals surface area contributed by atoms with Crippen molar-refractivity contribution in [2.45, 2.75) is 38.1 Å². The molecule has 0 aromatic carbocycles. The van der Waals surface area contributed by atoms with Crippen molar-refractivity contribution in [1.29, 1.82) is 0 Å². The fourth-order valence-corrected chi connectivity index (χ4v) is 4.01. The predicted molar refractivity (Wildman–Crippen MR) is 86.0 cm³/mol. The van der Waals surface area contributed by atoms with E-state index in [1.165, 1.54) is 65.0 Å². The van der Waals surface area contributed by atoms with Gasteiger partial charge in [0, 0.05) is 25.2 Å². The van der Waals surface area contributed by atoms with Gasteiger partial charge in [-0.15, -0.1) is 0 Å². The summed E-state index contributed by atoms with van der Waals surface area (Å²) in [5, 5.41) is 0. The van der Waals surface area contributed by atoms with Gasteiger partial charge in [0.15, 0.2) is 0 Å². The summed E-state index contributed by atoms with van der Waals surface area (Å²) < 4.78 is 0. The van der Waals surface area contributed by atoms with Gasteiger partial charge < -0.3 is 15.5 Å². The van der Waals surface area contributed by atoms with Gasteiger partial charge in [0.05, 0.1) is 0 Å². The van der Waals surface area contributed by atoms with E-state index in [-0.39, 0.29) is 5.54 Å². The number of rotatable bonds is 6. The van der Waals surface area contributed by atoms with Gasteiger partial charge in [-0.1, -0.05) is 6.92 Å². The standard InChI is InChI=1S/C16H34N4/c1-4-8-20-10-6-16(14-17,7-11-20)19(3)13-15-5-9-18(2)12-15/h15H,4-14,17H2,1-3H3. The molecular weight excluding hydrogens is 248 g/mol. The Morgan fingerprint density at radius 1 is 1.25 bits per heavy atom. The van der Waals surface area contributed by atoms with Gasteiger partial charge in [0.25, 0.3) is 0 Å². The number of nitrogens with zero attached hydrogens (tertiary/aromatic N) is 3. The third kappa shape index (κ3) is 3.73. The minimum Gasteiger partial charge on any atom is -0.329 e. The van der Waals surface area contributed by atoms with Gasteiger partial charge in [-0.3, -0.25) is 4.90 Å². The third-order valence-corrected chi connectivity index (χ3v) is 5.54. The summed E-state index contributed by atoms with van der Waals surface area (Å²) in [5.41, 5.74) is 6.44. The maximum atomic E-state index is 6.19. The summed E-state index contributed by atoms with van der Waals surface area (Å²) >= 11 is 0. The Morgan fingerprint density at radius 3 is 2.45 bits per heavy atom. The fraction of sp³-hybridized carbons (Fsp3) is 1.00. The van der Waals surface area contributed by atoms with Crippen molar-refractivity contribution in [2.75, 3.05) is 59.9 Å². The molecule has 2 N–H and O–H groups in total. The highest BCUT2D eigenvalue weighted by atomic mass is 15.2. The molecule has 2 fully saturated rings. The van der Waals surface area contributed by atoms with Gasteiger partial charge in [0.1, 0.15) is 0 Å². The van der Waals surface area contributed by atoms with E-state index in [0.29, 0.717) is 0 Å². The van der Waals surface area contributed by atoms with Crippen molar-refractivity contribution in [3.63, 3.8) is 0 Å². The summed E-state index contributed by atoms with van der Waals surface area (Å²) in [4.78, 5) is 7.66. The lowest BCUT2D eigenvalue weighted by Crippen LogP contribution is -2.59. The molecule has 0 saturated carbocycles. The van der Waals surface area contributed by atoms with Crippen molar-refractivity contribution < 1.29 is 0 Å². The average Bonchev–Trinajstić information content (AvgIpc) is 2.85. The average molecular weight is 282 g/mol. The van der Waals surface area contributed by atoms with Crippen LogP contribution in [0.2, 0.25) is 0 Å². The highest BCUT2D eigenvalue weighted by Gasteiger charge is 2.38. The molecule has 0 aromatic rings. The van der Waals surface area contributed by atoms with Crippen molar-refractivity contribution in [3.05, 3.63) is 0 Å². The van der Waals surface area contributed by atoms with E-state index in [1.54, 1.807) is 0 Å². The fourth-order valence-electron chi connectivity index (χ4n) is 4.01. The van der Waals surface area contributed by atoms with Gasteiger partial charge in [-0.25, -0.2) is 0 Å². The number of hydrogen-bond acceptors (Lipinski definition) is 4. The summed E-state index contributed by atoms with van der Waals surface area (Å²) in [6, 6.07) is 0. The molecule has 0 amide bonds. The number of nitrogens with two attached hydrogens (primary N) is 1.